The lowest BCUT2D eigenvalue weighted by molar-refractivity contribution is -0.122. The number of benzene rings is 2. The average molecular weight is 517 g/mol. The van der Waals surface area contributed by atoms with Crippen molar-refractivity contribution in [3.8, 4) is 34.5 Å². The maximum absolute atomic E-state index is 12.0. The number of carbonyl (C=O) groups is 2. The van der Waals surface area contributed by atoms with Gasteiger partial charge in [0.2, 0.25) is 23.3 Å². The lowest BCUT2D eigenvalue weighted by Gasteiger charge is -2.12. The number of nitrogens with zero attached hydrogens (tertiary/aromatic N) is 2. The molecule has 0 heterocycles. The third-order valence-electron chi connectivity index (χ3n) is 4.99. The summed E-state index contributed by atoms with van der Waals surface area (Å²) in [6.07, 6.45) is 3.43. The molecule has 0 bridgehead atoms. The summed E-state index contributed by atoms with van der Waals surface area (Å²) in [5, 5.41) is 7.88. The van der Waals surface area contributed by atoms with Crippen LogP contribution in [0.2, 0.25) is 0 Å². The fraction of sp³-hybridized carbons (Fsp3) is 0.360. The molecule has 37 heavy (non-hydrogen) atoms. The fourth-order valence-corrected chi connectivity index (χ4v) is 3.23. The van der Waals surface area contributed by atoms with E-state index in [0.29, 0.717) is 52.0 Å². The van der Waals surface area contributed by atoms with E-state index in [1.165, 1.54) is 55.1 Å². The minimum Gasteiger partial charge on any atom is -0.493 e. The molecule has 12 heteroatoms. The normalized spacial score (nSPS) is 10.8. The Balaban J connectivity index is 1.81. The van der Waals surface area contributed by atoms with E-state index in [1.807, 2.05) is 0 Å². The molecular weight excluding hydrogens is 484 g/mol. The van der Waals surface area contributed by atoms with Crippen LogP contribution in [0, 0.1) is 0 Å². The minimum absolute atomic E-state index is 0.108. The van der Waals surface area contributed by atoms with Gasteiger partial charge in [-0.2, -0.15) is 10.2 Å². The molecule has 12 nitrogen and oxygen atoms in total. The second kappa shape index (κ2) is 14.8. The molecule has 0 fully saturated rings. The van der Waals surface area contributed by atoms with Crippen LogP contribution in [0.5, 0.6) is 34.5 Å². The maximum Gasteiger partial charge on any atom is 0.240 e. The summed E-state index contributed by atoms with van der Waals surface area (Å²) < 4.78 is 31.7. The van der Waals surface area contributed by atoms with Crippen LogP contribution in [0.15, 0.2) is 34.5 Å². The first-order valence-corrected chi connectivity index (χ1v) is 11.1. The van der Waals surface area contributed by atoms with E-state index in [4.69, 9.17) is 28.4 Å². The second-order valence-corrected chi connectivity index (χ2v) is 7.36. The van der Waals surface area contributed by atoms with E-state index in [0.717, 1.165) is 0 Å². The molecule has 0 aromatic heterocycles. The number of methoxy groups -OCH3 is 6. The second-order valence-electron chi connectivity index (χ2n) is 7.36. The van der Waals surface area contributed by atoms with Crippen LogP contribution in [-0.4, -0.2) is 66.9 Å². The van der Waals surface area contributed by atoms with Gasteiger partial charge >= 0.3 is 0 Å². The van der Waals surface area contributed by atoms with Gasteiger partial charge in [0, 0.05) is 24.0 Å². The van der Waals surface area contributed by atoms with E-state index in [1.54, 1.807) is 24.3 Å². The molecule has 0 spiro atoms. The highest BCUT2D eigenvalue weighted by Gasteiger charge is 2.13. The highest BCUT2D eigenvalue weighted by molar-refractivity contribution is 5.85. The fourth-order valence-electron chi connectivity index (χ4n) is 3.23. The summed E-state index contributed by atoms with van der Waals surface area (Å²) in [7, 11) is 9.06. The SMILES string of the molecule is COc1cc(/C=N/NC(=O)CCCC(=O)N/N=C/c2cc(OC)c(OC)c(OC)c2)cc(OC)c1OC. The molecule has 200 valence electrons. The van der Waals surface area contributed by atoms with Crippen molar-refractivity contribution in [3.05, 3.63) is 35.4 Å². The maximum atomic E-state index is 12.0. The van der Waals surface area contributed by atoms with Gasteiger partial charge in [0.1, 0.15) is 0 Å². The minimum atomic E-state index is -0.336. The number of ether oxygens (including phenoxy) is 6. The van der Waals surface area contributed by atoms with Gasteiger partial charge in [-0.05, 0) is 30.7 Å². The molecule has 0 aliphatic heterocycles. The van der Waals surface area contributed by atoms with Gasteiger partial charge in [0.05, 0.1) is 55.1 Å². The van der Waals surface area contributed by atoms with Crippen LogP contribution in [0.1, 0.15) is 30.4 Å². The largest absolute Gasteiger partial charge is 0.493 e. The van der Waals surface area contributed by atoms with Crippen LogP contribution in [0.25, 0.3) is 0 Å². The molecule has 0 aliphatic rings. The lowest BCUT2D eigenvalue weighted by atomic mass is 10.2. The quantitative estimate of drug-likeness (QED) is 0.289. The van der Waals surface area contributed by atoms with Crippen molar-refractivity contribution in [2.45, 2.75) is 19.3 Å². The van der Waals surface area contributed by atoms with Crippen molar-refractivity contribution >= 4 is 24.2 Å². The number of carbonyl (C=O) groups excluding carboxylic acids is 2. The molecule has 0 radical (unpaired) electrons. The predicted octanol–water partition coefficient (Wildman–Crippen LogP) is 2.51. The lowest BCUT2D eigenvalue weighted by Crippen LogP contribution is -2.20. The van der Waals surface area contributed by atoms with Crippen molar-refractivity contribution in [3.63, 3.8) is 0 Å². The molecule has 0 aliphatic carbocycles. The Morgan fingerprint density at radius 1 is 0.622 bits per heavy atom. The molecular formula is C25H32N4O8. The van der Waals surface area contributed by atoms with Gasteiger partial charge in [-0.15, -0.1) is 0 Å². The number of amides is 2. The number of nitrogens with one attached hydrogen (secondary N) is 2. The first kappa shape index (κ1) is 28.8. The van der Waals surface area contributed by atoms with Crippen molar-refractivity contribution < 1.29 is 38.0 Å². The summed E-state index contributed by atoms with van der Waals surface area (Å²) >= 11 is 0. The molecule has 0 saturated carbocycles. The van der Waals surface area contributed by atoms with Crippen molar-refractivity contribution in [2.24, 2.45) is 10.2 Å². The number of hydrogen-bond acceptors (Lipinski definition) is 10. The molecule has 2 rings (SSSR count). The Morgan fingerprint density at radius 3 is 1.22 bits per heavy atom. The van der Waals surface area contributed by atoms with E-state index < -0.39 is 0 Å². The van der Waals surface area contributed by atoms with Crippen molar-refractivity contribution in [1.82, 2.24) is 10.9 Å². The number of hydrazone groups is 2. The zero-order valence-corrected chi connectivity index (χ0v) is 21.7. The molecule has 0 saturated heterocycles. The Bertz CT molecular complexity index is 996. The van der Waals surface area contributed by atoms with Gasteiger partial charge < -0.3 is 28.4 Å². The first-order chi connectivity index (χ1) is 17.9. The van der Waals surface area contributed by atoms with Crippen molar-refractivity contribution in [1.29, 1.82) is 0 Å². The zero-order chi connectivity index (χ0) is 27.2. The summed E-state index contributed by atoms with van der Waals surface area (Å²) in [4.78, 5) is 24.1. The standard InChI is InChI=1S/C25H32N4O8/c1-32-18-10-16(11-19(33-2)24(18)36-5)14-26-28-22(30)8-7-9-23(31)29-27-15-17-12-20(34-3)25(37-6)21(13-17)35-4/h10-15H,7-9H2,1-6H3,(H,28,30)(H,29,31)/b26-14+,27-15+. The van der Waals surface area contributed by atoms with Gasteiger partial charge in [-0.25, -0.2) is 10.9 Å². The van der Waals surface area contributed by atoms with E-state index >= 15 is 0 Å². The molecule has 0 atom stereocenters. The van der Waals surface area contributed by atoms with E-state index in [9.17, 15) is 9.59 Å². The van der Waals surface area contributed by atoms with Gasteiger partial charge in [-0.3, -0.25) is 9.59 Å². The Kier molecular flexibility index (Phi) is 11.5. The van der Waals surface area contributed by atoms with E-state index in [2.05, 4.69) is 21.1 Å². The van der Waals surface area contributed by atoms with Crippen LogP contribution in [0.4, 0.5) is 0 Å². The summed E-state index contributed by atoms with van der Waals surface area (Å²) in [6.45, 7) is 0. The molecule has 2 N–H and O–H groups in total. The van der Waals surface area contributed by atoms with Gasteiger partial charge in [0.25, 0.3) is 0 Å². The topological polar surface area (TPSA) is 138 Å². The van der Waals surface area contributed by atoms with Gasteiger partial charge in [-0.1, -0.05) is 0 Å². The Labute approximate surface area is 215 Å². The van der Waals surface area contributed by atoms with Crippen LogP contribution < -0.4 is 39.3 Å². The highest BCUT2D eigenvalue weighted by atomic mass is 16.5. The van der Waals surface area contributed by atoms with Crippen molar-refractivity contribution in [2.75, 3.05) is 42.7 Å². The summed E-state index contributed by atoms with van der Waals surface area (Å²) in [5.41, 5.74) is 6.13. The first-order valence-electron chi connectivity index (χ1n) is 11.1. The monoisotopic (exact) mass is 516 g/mol. The molecule has 2 aromatic carbocycles. The van der Waals surface area contributed by atoms with E-state index in [-0.39, 0.29) is 24.7 Å². The third kappa shape index (κ3) is 8.30. The van der Waals surface area contributed by atoms with Crippen LogP contribution in [0.3, 0.4) is 0 Å². The van der Waals surface area contributed by atoms with Crippen LogP contribution >= 0.6 is 0 Å². The Hall–Kier alpha value is -4.48. The zero-order valence-electron chi connectivity index (χ0n) is 21.7. The third-order valence-corrected chi connectivity index (χ3v) is 4.99. The number of hydrogen-bond donors (Lipinski definition) is 2. The molecule has 2 aromatic rings. The molecule has 2 amide bonds. The summed E-state index contributed by atoms with van der Waals surface area (Å²) in [5.74, 6) is 2.11. The van der Waals surface area contributed by atoms with Gasteiger partial charge in [0.15, 0.2) is 23.0 Å². The average Bonchev–Trinajstić information content (AvgIpc) is 2.91. The van der Waals surface area contributed by atoms with Crippen LogP contribution in [-0.2, 0) is 9.59 Å². The predicted molar refractivity (Wildman–Crippen MR) is 138 cm³/mol. The smallest absolute Gasteiger partial charge is 0.240 e. The molecule has 0 unspecified atom stereocenters. The Morgan fingerprint density at radius 2 is 0.946 bits per heavy atom. The summed E-state index contributed by atoms with van der Waals surface area (Å²) in [6, 6.07) is 6.78. The highest BCUT2D eigenvalue weighted by Crippen LogP contribution is 2.38. The number of rotatable bonds is 14.